The number of benzene rings is 1. The molecule has 3 aromatic rings. The van der Waals surface area contributed by atoms with E-state index in [2.05, 4.69) is 41.2 Å². The normalized spacial score (nSPS) is 24.2. The fraction of sp³-hybridized carbons (Fsp3) is 0.440. The number of aromatic nitrogens is 2. The van der Waals surface area contributed by atoms with E-state index in [4.69, 9.17) is 28.3 Å². The largest absolute Gasteiger partial charge is 0.350 e. The van der Waals surface area contributed by atoms with E-state index >= 15 is 0 Å². The number of amides is 1. The molecule has 4 aliphatic carbocycles. The first-order valence-electron chi connectivity index (χ1n) is 11.4. The van der Waals surface area contributed by atoms with Gasteiger partial charge in [-0.3, -0.25) is 4.79 Å². The van der Waals surface area contributed by atoms with Gasteiger partial charge in [0.2, 0.25) is 0 Å². The predicted molar refractivity (Wildman–Crippen MR) is 138 cm³/mol. The van der Waals surface area contributed by atoms with E-state index in [0.717, 1.165) is 38.1 Å². The molecule has 2 aromatic heterocycles. The predicted octanol–water partition coefficient (Wildman–Crippen LogP) is 7.38. The monoisotopic (exact) mass is 563 g/mol. The number of nitrogens with zero attached hydrogens (tertiary/aromatic N) is 2. The molecule has 0 aliphatic heterocycles. The molecule has 172 valence electrons. The summed E-state index contributed by atoms with van der Waals surface area (Å²) in [5, 5.41) is 9.10. The number of fused-ring (bicyclic) bond motifs is 5. The van der Waals surface area contributed by atoms with Crippen LogP contribution in [0.4, 0.5) is 0 Å². The van der Waals surface area contributed by atoms with Crippen molar-refractivity contribution in [1.29, 1.82) is 0 Å². The molecule has 3 saturated carbocycles. The first-order chi connectivity index (χ1) is 15.7. The molecule has 1 aromatic carbocycles. The first-order valence-corrected chi connectivity index (χ1v) is 13.7. The molecule has 0 saturated heterocycles. The number of thiophene rings is 1. The van der Waals surface area contributed by atoms with Gasteiger partial charge in [-0.15, -0.1) is 11.3 Å². The summed E-state index contributed by atoms with van der Waals surface area (Å²) in [5.41, 5.74) is 4.77. The second-order valence-corrected chi connectivity index (χ2v) is 13.4. The van der Waals surface area contributed by atoms with Gasteiger partial charge in [0.1, 0.15) is 0 Å². The van der Waals surface area contributed by atoms with Crippen LogP contribution in [-0.4, -0.2) is 22.2 Å². The standard InChI is InChI=1S/C25H24BrCl2N3OS/c1-25(2)14-4-3-12(17(25)9-14)11-29-24(32)21-16-7-13-8-20(26)33-23(13)22(16)31(30-21)19-6-5-15(27)10-18(19)28/h5-6,8,10,12,14,17H,3-4,7,9,11H2,1-2H3,(H,29,32). The molecule has 0 radical (unpaired) electrons. The van der Waals surface area contributed by atoms with E-state index in [9.17, 15) is 4.79 Å². The van der Waals surface area contributed by atoms with Crippen LogP contribution in [-0.2, 0) is 6.42 Å². The summed E-state index contributed by atoms with van der Waals surface area (Å²) in [6.07, 6.45) is 4.48. The Labute approximate surface area is 215 Å². The Morgan fingerprint density at radius 1 is 1.30 bits per heavy atom. The van der Waals surface area contributed by atoms with Gasteiger partial charge in [0.05, 0.1) is 25.1 Å². The summed E-state index contributed by atoms with van der Waals surface area (Å²) < 4.78 is 2.88. The number of halogens is 3. The molecule has 4 aliphatic rings. The Morgan fingerprint density at radius 2 is 2.12 bits per heavy atom. The second kappa shape index (κ2) is 7.84. The fourth-order valence-corrected chi connectivity index (χ4v) is 8.51. The lowest BCUT2D eigenvalue weighted by atomic mass is 9.45. The Hall–Kier alpha value is -1.34. The maximum Gasteiger partial charge on any atom is 0.272 e. The molecule has 8 heteroatoms. The third-order valence-corrected chi connectivity index (χ3v) is 10.4. The van der Waals surface area contributed by atoms with Crippen molar-refractivity contribution in [3.8, 4) is 16.3 Å². The highest BCUT2D eigenvalue weighted by molar-refractivity contribution is 9.11. The van der Waals surface area contributed by atoms with Gasteiger partial charge in [0.15, 0.2) is 5.69 Å². The molecule has 33 heavy (non-hydrogen) atoms. The summed E-state index contributed by atoms with van der Waals surface area (Å²) in [5.74, 6) is 2.02. The highest BCUT2D eigenvalue weighted by Crippen LogP contribution is 2.61. The van der Waals surface area contributed by atoms with Crippen molar-refractivity contribution in [3.63, 3.8) is 0 Å². The van der Waals surface area contributed by atoms with Crippen LogP contribution in [0.5, 0.6) is 0 Å². The number of nitrogens with one attached hydrogen (secondary N) is 1. The molecule has 1 N–H and O–H groups in total. The van der Waals surface area contributed by atoms with Gasteiger partial charge >= 0.3 is 0 Å². The van der Waals surface area contributed by atoms with E-state index in [1.165, 1.54) is 24.8 Å². The van der Waals surface area contributed by atoms with Crippen LogP contribution in [0.1, 0.15) is 54.7 Å². The highest BCUT2D eigenvalue weighted by atomic mass is 79.9. The van der Waals surface area contributed by atoms with Crippen molar-refractivity contribution < 1.29 is 4.79 Å². The molecule has 4 nitrogen and oxygen atoms in total. The third kappa shape index (κ3) is 3.43. The molecular weight excluding hydrogens is 541 g/mol. The summed E-state index contributed by atoms with van der Waals surface area (Å²) in [4.78, 5) is 14.5. The molecule has 3 fully saturated rings. The molecule has 7 rings (SSSR count). The Morgan fingerprint density at radius 3 is 2.85 bits per heavy atom. The number of carbonyl (C=O) groups excluding carboxylic acids is 1. The van der Waals surface area contributed by atoms with Crippen molar-refractivity contribution in [1.82, 2.24) is 15.1 Å². The van der Waals surface area contributed by atoms with Crippen LogP contribution in [0.15, 0.2) is 28.1 Å². The van der Waals surface area contributed by atoms with Crippen molar-refractivity contribution in [2.24, 2.45) is 23.2 Å². The van der Waals surface area contributed by atoms with Crippen molar-refractivity contribution in [3.05, 3.63) is 54.9 Å². The number of hydrogen-bond donors (Lipinski definition) is 1. The zero-order valence-corrected chi connectivity index (χ0v) is 22.3. The van der Waals surface area contributed by atoms with Crippen molar-refractivity contribution in [2.75, 3.05) is 6.54 Å². The Bertz CT molecular complexity index is 1300. The van der Waals surface area contributed by atoms with Gasteiger partial charge in [-0.25, -0.2) is 4.68 Å². The van der Waals surface area contributed by atoms with Gasteiger partial charge in [-0.2, -0.15) is 5.10 Å². The average Bonchev–Trinajstić information content (AvgIpc) is 3.41. The van der Waals surface area contributed by atoms with Crippen LogP contribution >= 0.6 is 50.5 Å². The van der Waals surface area contributed by atoms with Gasteiger partial charge < -0.3 is 5.32 Å². The smallest absolute Gasteiger partial charge is 0.272 e. The van der Waals surface area contributed by atoms with Crippen molar-refractivity contribution >= 4 is 56.4 Å². The lowest BCUT2D eigenvalue weighted by Crippen LogP contribution is -2.54. The van der Waals surface area contributed by atoms with Gasteiger partial charge in [0, 0.05) is 23.6 Å². The average molecular weight is 565 g/mol. The molecule has 3 unspecified atom stereocenters. The molecule has 0 spiro atoms. The lowest BCUT2D eigenvalue weighted by Gasteiger charge is -2.60. The quantitative estimate of drug-likeness (QED) is 0.281. The SMILES string of the molecule is CC1(C)C2CCC(CNC(=O)c3nn(-c4ccc(Cl)cc4Cl)c4c3Cc3cc(Br)sc3-4)C1C2. The summed E-state index contributed by atoms with van der Waals surface area (Å²) in [7, 11) is 0. The summed E-state index contributed by atoms with van der Waals surface area (Å²) in [6, 6.07) is 7.50. The zero-order chi connectivity index (χ0) is 23.1. The zero-order valence-electron chi connectivity index (χ0n) is 18.4. The maximum atomic E-state index is 13.4. The Kier molecular flexibility index (Phi) is 5.26. The number of rotatable bonds is 4. The number of hydrogen-bond acceptors (Lipinski definition) is 3. The minimum atomic E-state index is -0.0939. The minimum Gasteiger partial charge on any atom is -0.350 e. The first kappa shape index (κ1) is 22.1. The van der Waals surface area contributed by atoms with Gasteiger partial charge in [-0.05, 0) is 88.2 Å². The van der Waals surface area contributed by atoms with Crippen LogP contribution in [0.3, 0.4) is 0 Å². The van der Waals surface area contributed by atoms with E-state index in [1.807, 2.05) is 10.7 Å². The molecule has 2 bridgehead atoms. The van der Waals surface area contributed by atoms with E-state index in [0.29, 0.717) is 39.4 Å². The van der Waals surface area contributed by atoms with E-state index in [-0.39, 0.29) is 5.91 Å². The number of carbonyl (C=O) groups is 1. The van der Waals surface area contributed by atoms with Gasteiger partial charge in [0.25, 0.3) is 5.91 Å². The van der Waals surface area contributed by atoms with Crippen LogP contribution < -0.4 is 5.32 Å². The van der Waals surface area contributed by atoms with Crippen LogP contribution in [0, 0.1) is 23.2 Å². The minimum absolute atomic E-state index is 0.0939. The summed E-state index contributed by atoms with van der Waals surface area (Å²) >= 11 is 17.9. The van der Waals surface area contributed by atoms with E-state index in [1.54, 1.807) is 23.5 Å². The van der Waals surface area contributed by atoms with Crippen LogP contribution in [0.2, 0.25) is 10.0 Å². The topological polar surface area (TPSA) is 46.9 Å². The molecular formula is C25H24BrCl2N3OS. The maximum absolute atomic E-state index is 13.4. The highest BCUT2D eigenvalue weighted by Gasteiger charge is 2.54. The fourth-order valence-electron chi connectivity index (χ4n) is 6.29. The molecule has 3 atom stereocenters. The third-order valence-electron chi connectivity index (χ3n) is 8.22. The lowest BCUT2D eigenvalue weighted by molar-refractivity contribution is -0.103. The second-order valence-electron chi connectivity index (χ2n) is 10.2. The Balaban J connectivity index is 1.33. The molecule has 1 amide bonds. The van der Waals surface area contributed by atoms with Crippen LogP contribution in [0.25, 0.3) is 16.3 Å². The van der Waals surface area contributed by atoms with Gasteiger partial charge in [-0.1, -0.05) is 37.0 Å². The van der Waals surface area contributed by atoms with E-state index < -0.39 is 0 Å². The molecule has 2 heterocycles. The van der Waals surface area contributed by atoms with Crippen molar-refractivity contribution in [2.45, 2.75) is 39.5 Å². The summed E-state index contributed by atoms with van der Waals surface area (Å²) in [6.45, 7) is 5.50.